The average molecular weight is 226 g/mol. The van der Waals surface area contributed by atoms with E-state index in [-0.39, 0.29) is 6.10 Å². The van der Waals surface area contributed by atoms with Gasteiger partial charge in [0, 0.05) is 24.5 Å². The molecule has 0 bridgehead atoms. The third-order valence-corrected chi connectivity index (χ3v) is 3.01. The van der Waals surface area contributed by atoms with Crippen molar-refractivity contribution in [2.24, 2.45) is 0 Å². The highest BCUT2D eigenvalue weighted by atomic mass is 16.5. The van der Waals surface area contributed by atoms with E-state index in [0.717, 1.165) is 17.9 Å². The number of fused-ring (bicyclic) bond motifs is 1. The van der Waals surface area contributed by atoms with Crippen LogP contribution in [0.4, 0.5) is 0 Å². The van der Waals surface area contributed by atoms with Gasteiger partial charge in [0.1, 0.15) is 11.9 Å². The maximum absolute atomic E-state index is 5.89. The predicted octanol–water partition coefficient (Wildman–Crippen LogP) is 2.75. The lowest BCUT2D eigenvalue weighted by molar-refractivity contribution is 0.247. The Hall–Kier alpha value is -2.03. The van der Waals surface area contributed by atoms with Crippen molar-refractivity contribution >= 4 is 6.08 Å². The SMILES string of the molecule is CC1Oc2ccccc2C=C1Cn1ccnc1. The van der Waals surface area contributed by atoms with Gasteiger partial charge < -0.3 is 9.30 Å². The number of imidazole rings is 1. The van der Waals surface area contributed by atoms with Crippen LogP contribution in [0.3, 0.4) is 0 Å². The fraction of sp³-hybridized carbons (Fsp3) is 0.214. The maximum Gasteiger partial charge on any atom is 0.127 e. The molecule has 86 valence electrons. The smallest absolute Gasteiger partial charge is 0.127 e. The molecule has 0 N–H and O–H groups in total. The topological polar surface area (TPSA) is 27.1 Å². The standard InChI is InChI=1S/C14H14N2O/c1-11-13(9-16-7-6-15-10-16)8-12-4-2-3-5-14(12)17-11/h2-8,10-11H,9H2,1H3. The van der Waals surface area contributed by atoms with E-state index >= 15 is 0 Å². The minimum atomic E-state index is 0.118. The number of benzene rings is 1. The first-order valence-electron chi connectivity index (χ1n) is 5.75. The number of aromatic nitrogens is 2. The van der Waals surface area contributed by atoms with Crippen molar-refractivity contribution in [3.63, 3.8) is 0 Å². The first-order chi connectivity index (χ1) is 8.33. The molecule has 3 rings (SSSR count). The van der Waals surface area contributed by atoms with Gasteiger partial charge in [-0.3, -0.25) is 0 Å². The Morgan fingerprint density at radius 3 is 3.06 bits per heavy atom. The number of rotatable bonds is 2. The Kier molecular flexibility index (Phi) is 2.44. The zero-order valence-corrected chi connectivity index (χ0v) is 9.71. The molecule has 1 unspecified atom stereocenters. The molecule has 3 nitrogen and oxygen atoms in total. The molecule has 2 heterocycles. The summed E-state index contributed by atoms with van der Waals surface area (Å²) in [5.74, 6) is 0.967. The lowest BCUT2D eigenvalue weighted by atomic mass is 10.0. The molecule has 3 heteroatoms. The Labute approximate surface area is 100 Å². The van der Waals surface area contributed by atoms with Gasteiger partial charge in [0.05, 0.1) is 6.33 Å². The summed E-state index contributed by atoms with van der Waals surface area (Å²) < 4.78 is 7.95. The molecule has 17 heavy (non-hydrogen) atoms. The van der Waals surface area contributed by atoms with Crippen LogP contribution in [-0.2, 0) is 6.54 Å². The molecule has 2 aromatic rings. The van der Waals surface area contributed by atoms with Crippen molar-refractivity contribution in [3.05, 3.63) is 54.1 Å². The van der Waals surface area contributed by atoms with Crippen LogP contribution in [0, 0.1) is 0 Å². The molecule has 0 spiro atoms. The van der Waals surface area contributed by atoms with Crippen molar-refractivity contribution in [3.8, 4) is 5.75 Å². The summed E-state index contributed by atoms with van der Waals surface area (Å²) in [6, 6.07) is 8.12. The number of para-hydroxylation sites is 1. The van der Waals surface area contributed by atoms with Crippen molar-refractivity contribution in [2.45, 2.75) is 19.6 Å². The second-order valence-electron chi connectivity index (χ2n) is 4.25. The molecule has 1 aliphatic heterocycles. The molecule has 1 atom stereocenters. The molecule has 0 radical (unpaired) electrons. The molecular formula is C14H14N2O. The number of ether oxygens (including phenoxy) is 1. The first-order valence-corrected chi connectivity index (χ1v) is 5.75. The van der Waals surface area contributed by atoms with E-state index in [9.17, 15) is 0 Å². The van der Waals surface area contributed by atoms with E-state index in [1.54, 1.807) is 6.20 Å². The van der Waals surface area contributed by atoms with Crippen LogP contribution in [0.5, 0.6) is 5.75 Å². The van der Waals surface area contributed by atoms with E-state index in [1.807, 2.05) is 30.7 Å². The van der Waals surface area contributed by atoms with E-state index in [4.69, 9.17) is 4.74 Å². The highest BCUT2D eigenvalue weighted by Gasteiger charge is 2.18. The lowest BCUT2D eigenvalue weighted by Crippen LogP contribution is -2.21. The Balaban J connectivity index is 1.92. The van der Waals surface area contributed by atoms with Gasteiger partial charge >= 0.3 is 0 Å². The minimum absolute atomic E-state index is 0.118. The van der Waals surface area contributed by atoms with Gasteiger partial charge in [0.15, 0.2) is 0 Å². The summed E-state index contributed by atoms with van der Waals surface area (Å²) in [6.45, 7) is 2.91. The summed E-state index contributed by atoms with van der Waals surface area (Å²) in [5.41, 5.74) is 2.42. The van der Waals surface area contributed by atoms with Gasteiger partial charge in [-0.15, -0.1) is 0 Å². The van der Waals surface area contributed by atoms with Gasteiger partial charge in [-0.05, 0) is 24.6 Å². The van der Waals surface area contributed by atoms with Crippen molar-refractivity contribution in [2.75, 3.05) is 0 Å². The Morgan fingerprint density at radius 1 is 1.35 bits per heavy atom. The molecule has 0 amide bonds. The third kappa shape index (κ3) is 1.96. The van der Waals surface area contributed by atoms with E-state index in [2.05, 4.69) is 28.6 Å². The largest absolute Gasteiger partial charge is 0.486 e. The molecule has 0 aliphatic carbocycles. The quantitative estimate of drug-likeness (QED) is 0.787. The number of nitrogens with zero attached hydrogens (tertiary/aromatic N) is 2. The average Bonchev–Trinajstić information content (AvgIpc) is 2.83. The van der Waals surface area contributed by atoms with Gasteiger partial charge in [-0.2, -0.15) is 0 Å². The Bertz CT molecular complexity index is 543. The van der Waals surface area contributed by atoms with Crippen LogP contribution < -0.4 is 4.74 Å². The van der Waals surface area contributed by atoms with Crippen molar-refractivity contribution in [1.82, 2.24) is 9.55 Å². The van der Waals surface area contributed by atoms with Crippen LogP contribution in [0.25, 0.3) is 6.08 Å². The van der Waals surface area contributed by atoms with Crippen LogP contribution in [0.2, 0.25) is 0 Å². The minimum Gasteiger partial charge on any atom is -0.486 e. The summed E-state index contributed by atoms with van der Waals surface area (Å²) in [6.07, 6.45) is 7.92. The second-order valence-corrected chi connectivity index (χ2v) is 4.25. The van der Waals surface area contributed by atoms with E-state index < -0.39 is 0 Å². The fourth-order valence-electron chi connectivity index (χ4n) is 2.06. The zero-order valence-electron chi connectivity index (χ0n) is 9.71. The lowest BCUT2D eigenvalue weighted by Gasteiger charge is -2.24. The van der Waals surface area contributed by atoms with Gasteiger partial charge in [0.25, 0.3) is 0 Å². The molecular weight excluding hydrogens is 212 g/mol. The summed E-state index contributed by atoms with van der Waals surface area (Å²) in [4.78, 5) is 4.05. The summed E-state index contributed by atoms with van der Waals surface area (Å²) in [5, 5.41) is 0. The van der Waals surface area contributed by atoms with Crippen LogP contribution >= 0.6 is 0 Å². The normalized spacial score (nSPS) is 18.2. The summed E-state index contributed by atoms with van der Waals surface area (Å²) >= 11 is 0. The fourth-order valence-corrected chi connectivity index (χ4v) is 2.06. The summed E-state index contributed by atoms with van der Waals surface area (Å²) in [7, 11) is 0. The van der Waals surface area contributed by atoms with Crippen LogP contribution in [0.15, 0.2) is 48.6 Å². The zero-order chi connectivity index (χ0) is 11.7. The van der Waals surface area contributed by atoms with E-state index in [1.165, 1.54) is 5.57 Å². The highest BCUT2D eigenvalue weighted by molar-refractivity contribution is 5.62. The molecule has 1 aliphatic rings. The second kappa shape index (κ2) is 4.09. The molecule has 0 saturated carbocycles. The van der Waals surface area contributed by atoms with Gasteiger partial charge in [-0.1, -0.05) is 18.2 Å². The maximum atomic E-state index is 5.89. The third-order valence-electron chi connectivity index (χ3n) is 3.01. The number of hydrogen-bond acceptors (Lipinski definition) is 2. The van der Waals surface area contributed by atoms with Crippen molar-refractivity contribution < 1.29 is 4.74 Å². The van der Waals surface area contributed by atoms with Gasteiger partial charge in [-0.25, -0.2) is 4.98 Å². The van der Waals surface area contributed by atoms with Crippen molar-refractivity contribution in [1.29, 1.82) is 0 Å². The number of hydrogen-bond donors (Lipinski definition) is 0. The monoisotopic (exact) mass is 226 g/mol. The highest BCUT2D eigenvalue weighted by Crippen LogP contribution is 2.29. The molecule has 0 saturated heterocycles. The van der Waals surface area contributed by atoms with Crippen LogP contribution in [-0.4, -0.2) is 15.7 Å². The molecule has 0 fully saturated rings. The first kappa shape index (κ1) is 10.1. The molecule has 1 aromatic heterocycles. The Morgan fingerprint density at radius 2 is 2.24 bits per heavy atom. The van der Waals surface area contributed by atoms with Gasteiger partial charge in [0.2, 0.25) is 0 Å². The van der Waals surface area contributed by atoms with Crippen LogP contribution in [0.1, 0.15) is 12.5 Å². The predicted molar refractivity (Wildman–Crippen MR) is 66.7 cm³/mol. The molecule has 1 aromatic carbocycles. The van der Waals surface area contributed by atoms with E-state index in [0.29, 0.717) is 0 Å².